The fraction of sp³-hybridized carbons (Fsp3) is 0.958. The summed E-state index contributed by atoms with van der Waals surface area (Å²) in [6.45, 7) is 0.818. The Morgan fingerprint density at radius 3 is 1.09 bits per heavy atom. The smallest absolute Gasteiger partial charge is 0.303 e. The fourth-order valence-corrected chi connectivity index (χ4v) is 3.32. The summed E-state index contributed by atoms with van der Waals surface area (Å²) in [5.41, 5.74) is 0. The maximum Gasteiger partial charge on any atom is 0.303 e. The highest BCUT2D eigenvalue weighted by Crippen LogP contribution is 2.13. The van der Waals surface area contributed by atoms with Crippen molar-refractivity contribution in [3.63, 3.8) is 0 Å². The van der Waals surface area contributed by atoms with Crippen LogP contribution in [0, 0.1) is 0 Å². The average Bonchev–Trinajstić information content (AvgIpc) is 2.79. The van der Waals surface area contributed by atoms with Crippen molar-refractivity contribution in [2.24, 2.45) is 0 Å². The maximum absolute atomic E-state index is 10.3. The summed E-state index contributed by atoms with van der Waals surface area (Å²) in [6, 6.07) is 0. The van der Waals surface area contributed by atoms with Gasteiger partial charge in [0.05, 0.1) is 13.2 Å². The normalized spacial score (nSPS) is 14.8. The molecule has 8 nitrogen and oxygen atoms in total. The highest BCUT2D eigenvalue weighted by molar-refractivity contribution is 5.66. The Bertz CT molecular complexity index is 380. The van der Waals surface area contributed by atoms with E-state index in [1.165, 1.54) is 83.5 Å². The first-order chi connectivity index (χ1) is 15.3. The number of carbonyl (C=O) groups is 1. The van der Waals surface area contributed by atoms with Crippen LogP contribution in [-0.4, -0.2) is 79.3 Å². The van der Waals surface area contributed by atoms with E-state index in [9.17, 15) is 4.79 Å². The largest absolute Gasteiger partial charge is 0.481 e. The van der Waals surface area contributed by atoms with E-state index in [2.05, 4.69) is 6.92 Å². The van der Waals surface area contributed by atoms with Gasteiger partial charge in [0.1, 0.15) is 24.4 Å². The van der Waals surface area contributed by atoms with E-state index < -0.39 is 43.6 Å². The predicted molar refractivity (Wildman–Crippen MR) is 125 cm³/mol. The van der Waals surface area contributed by atoms with Crippen molar-refractivity contribution < 1.29 is 40.5 Å². The van der Waals surface area contributed by atoms with Gasteiger partial charge in [-0.05, 0) is 6.42 Å². The van der Waals surface area contributed by atoms with Crippen LogP contribution in [0.1, 0.15) is 110 Å². The Hall–Kier alpha value is -0.770. The molecule has 0 aromatic carbocycles. The summed E-state index contributed by atoms with van der Waals surface area (Å²) in [4.78, 5) is 10.3. The summed E-state index contributed by atoms with van der Waals surface area (Å²) in [7, 11) is 0. The highest BCUT2D eigenvalue weighted by Gasteiger charge is 2.29. The number of unbranched alkanes of at least 4 members (excludes halogenated alkanes) is 14. The number of aliphatic carboxylic acids is 1. The van der Waals surface area contributed by atoms with E-state index in [1.54, 1.807) is 0 Å². The van der Waals surface area contributed by atoms with Crippen molar-refractivity contribution in [1.29, 1.82) is 0 Å². The molecule has 7 N–H and O–H groups in total. The van der Waals surface area contributed by atoms with Gasteiger partial charge in [0.2, 0.25) is 0 Å². The van der Waals surface area contributed by atoms with Crippen LogP contribution < -0.4 is 0 Å². The van der Waals surface area contributed by atoms with Gasteiger partial charge in [-0.1, -0.05) is 96.8 Å². The summed E-state index contributed by atoms with van der Waals surface area (Å²) in [5.74, 6) is -0.653. The van der Waals surface area contributed by atoms with Crippen LogP contribution in [0.2, 0.25) is 0 Å². The summed E-state index contributed by atoms with van der Waals surface area (Å²) >= 11 is 0. The topological polar surface area (TPSA) is 159 Å². The predicted octanol–water partition coefficient (Wildman–Crippen LogP) is 2.75. The molecule has 0 aliphatic rings. The second-order valence-corrected chi connectivity index (χ2v) is 8.57. The van der Waals surface area contributed by atoms with E-state index >= 15 is 0 Å². The minimum Gasteiger partial charge on any atom is -0.481 e. The minimum atomic E-state index is -1.67. The zero-order valence-electron chi connectivity index (χ0n) is 20.1. The molecule has 0 heterocycles. The van der Waals surface area contributed by atoms with Crippen LogP contribution in [0.3, 0.4) is 0 Å². The third kappa shape index (κ3) is 22.4. The van der Waals surface area contributed by atoms with E-state index in [0.29, 0.717) is 6.42 Å². The molecule has 194 valence electrons. The molecule has 8 heteroatoms. The molecule has 0 aromatic rings. The van der Waals surface area contributed by atoms with Gasteiger partial charge in [-0.2, -0.15) is 0 Å². The SMILES string of the molecule is CCCCCCCCCCCCCCCCCC(=O)O.OC[C@@H](O)[C@@H](O)[C@H](O)[C@@H](O)CO. The van der Waals surface area contributed by atoms with E-state index in [1.807, 2.05) is 0 Å². The van der Waals surface area contributed by atoms with Crippen molar-refractivity contribution in [3.8, 4) is 0 Å². The molecule has 0 spiro atoms. The molecule has 0 saturated carbocycles. The van der Waals surface area contributed by atoms with Gasteiger partial charge in [0.25, 0.3) is 0 Å². The summed E-state index contributed by atoms with van der Waals surface area (Å²) in [6.07, 6.45) is 13.8. The van der Waals surface area contributed by atoms with E-state index in [4.69, 9.17) is 35.7 Å². The molecular formula is C24H50O8. The third-order valence-electron chi connectivity index (χ3n) is 5.51. The second kappa shape index (κ2) is 24.9. The van der Waals surface area contributed by atoms with Crippen molar-refractivity contribution >= 4 is 5.97 Å². The van der Waals surface area contributed by atoms with Crippen molar-refractivity contribution in [3.05, 3.63) is 0 Å². The molecule has 0 rings (SSSR count). The number of hydrogen-bond donors (Lipinski definition) is 7. The molecule has 0 saturated heterocycles. The zero-order chi connectivity index (χ0) is 24.6. The average molecular weight is 467 g/mol. The zero-order valence-corrected chi connectivity index (χ0v) is 20.1. The van der Waals surface area contributed by atoms with Gasteiger partial charge >= 0.3 is 5.97 Å². The lowest BCUT2D eigenvalue weighted by molar-refractivity contribution is -0.137. The van der Waals surface area contributed by atoms with Gasteiger partial charge in [0.15, 0.2) is 0 Å². The van der Waals surface area contributed by atoms with Crippen LogP contribution in [0.4, 0.5) is 0 Å². The van der Waals surface area contributed by atoms with Crippen LogP contribution in [0.15, 0.2) is 0 Å². The van der Waals surface area contributed by atoms with E-state index in [0.717, 1.165) is 12.8 Å². The molecule has 0 aromatic heterocycles. The van der Waals surface area contributed by atoms with Crippen LogP contribution >= 0.6 is 0 Å². The van der Waals surface area contributed by atoms with Gasteiger partial charge in [-0.15, -0.1) is 0 Å². The van der Waals surface area contributed by atoms with Crippen LogP contribution in [0.25, 0.3) is 0 Å². The molecule has 4 atom stereocenters. The van der Waals surface area contributed by atoms with Crippen LogP contribution in [0.5, 0.6) is 0 Å². The number of aliphatic hydroxyl groups is 6. The lowest BCUT2D eigenvalue weighted by atomic mass is 10.0. The van der Waals surface area contributed by atoms with Gasteiger partial charge in [-0.25, -0.2) is 0 Å². The first-order valence-electron chi connectivity index (χ1n) is 12.5. The number of rotatable bonds is 21. The summed E-state index contributed by atoms with van der Waals surface area (Å²) in [5, 5.41) is 60.7. The molecule has 0 aliphatic heterocycles. The van der Waals surface area contributed by atoms with Crippen molar-refractivity contribution in [2.45, 2.75) is 134 Å². The molecule has 0 radical (unpaired) electrons. The monoisotopic (exact) mass is 466 g/mol. The minimum absolute atomic E-state index is 0.345. The van der Waals surface area contributed by atoms with Crippen molar-refractivity contribution in [2.75, 3.05) is 13.2 Å². The first-order valence-corrected chi connectivity index (χ1v) is 12.5. The quantitative estimate of drug-likeness (QED) is 0.127. The highest BCUT2D eigenvalue weighted by atomic mass is 16.4. The number of carboxylic acids is 1. The van der Waals surface area contributed by atoms with Crippen LogP contribution in [-0.2, 0) is 4.79 Å². The molecule has 0 bridgehead atoms. The lowest BCUT2D eigenvalue weighted by Gasteiger charge is -2.24. The standard InChI is InChI=1S/C18H36O2.C6H14O6/c1-2-3-4-5-6-7-8-9-10-11-12-13-14-15-16-17-18(19)20;7-1-3(9)5(11)6(12)4(10)2-8/h2-17H2,1H3,(H,19,20);3-12H,1-2H2/t;3-,4+,5-,6-/m.1/s1. The van der Waals surface area contributed by atoms with Gasteiger partial charge in [0, 0.05) is 6.42 Å². The Balaban J connectivity index is 0. The number of hydrogen-bond acceptors (Lipinski definition) is 7. The fourth-order valence-electron chi connectivity index (χ4n) is 3.32. The van der Waals surface area contributed by atoms with Crippen molar-refractivity contribution in [1.82, 2.24) is 0 Å². The molecule has 0 fully saturated rings. The maximum atomic E-state index is 10.3. The molecule has 0 unspecified atom stereocenters. The second-order valence-electron chi connectivity index (χ2n) is 8.57. The Labute approximate surface area is 194 Å². The number of aliphatic hydroxyl groups excluding tert-OH is 6. The number of carboxylic acid groups (broad SMARTS) is 1. The molecular weight excluding hydrogens is 416 g/mol. The third-order valence-corrected chi connectivity index (χ3v) is 5.51. The Morgan fingerprint density at radius 1 is 0.562 bits per heavy atom. The summed E-state index contributed by atoms with van der Waals surface area (Å²) < 4.78 is 0. The first kappa shape index (κ1) is 33.4. The molecule has 0 amide bonds. The lowest BCUT2D eigenvalue weighted by Crippen LogP contribution is -2.46. The van der Waals surface area contributed by atoms with Gasteiger partial charge < -0.3 is 35.7 Å². The Morgan fingerprint density at radius 2 is 0.844 bits per heavy atom. The van der Waals surface area contributed by atoms with Gasteiger partial charge in [-0.3, -0.25) is 4.79 Å². The molecule has 0 aliphatic carbocycles. The Kier molecular flexibility index (Phi) is 26.0. The molecule has 32 heavy (non-hydrogen) atoms. The van der Waals surface area contributed by atoms with E-state index in [-0.39, 0.29) is 0 Å².